The third kappa shape index (κ3) is 3.19. The van der Waals surface area contributed by atoms with E-state index in [2.05, 4.69) is 48.3 Å². The molecule has 4 aromatic rings. The Labute approximate surface area is 166 Å². The second kappa shape index (κ2) is 6.85. The molecule has 0 spiro atoms. The van der Waals surface area contributed by atoms with Crippen LogP contribution in [0.1, 0.15) is 11.3 Å². The molecule has 4 heterocycles. The SMILES string of the molecule is CN1CCc2ncc(Nc3ncc(Cl)c(-c4ccc5[nH]cnc5c4)n3)cc2C1. The third-order valence-electron chi connectivity index (χ3n) is 4.93. The fraction of sp³-hybridized carbons (Fsp3) is 0.200. The van der Waals surface area contributed by atoms with Crippen molar-refractivity contribution in [2.75, 3.05) is 18.9 Å². The van der Waals surface area contributed by atoms with Crippen molar-refractivity contribution in [3.05, 3.63) is 59.3 Å². The van der Waals surface area contributed by atoms with Gasteiger partial charge in [-0.25, -0.2) is 15.0 Å². The molecule has 0 saturated heterocycles. The van der Waals surface area contributed by atoms with E-state index in [1.807, 2.05) is 24.4 Å². The summed E-state index contributed by atoms with van der Waals surface area (Å²) in [7, 11) is 2.12. The van der Waals surface area contributed by atoms with Crippen LogP contribution in [-0.2, 0) is 13.0 Å². The fourth-order valence-corrected chi connectivity index (χ4v) is 3.67. The zero-order valence-corrected chi connectivity index (χ0v) is 16.0. The Morgan fingerprint density at radius 3 is 3.00 bits per heavy atom. The van der Waals surface area contributed by atoms with E-state index < -0.39 is 0 Å². The Bertz CT molecular complexity index is 1170. The minimum Gasteiger partial charge on any atom is -0.345 e. The van der Waals surface area contributed by atoms with Crippen molar-refractivity contribution in [3.8, 4) is 11.3 Å². The van der Waals surface area contributed by atoms with Gasteiger partial charge in [-0.05, 0) is 30.8 Å². The average Bonchev–Trinajstić information content (AvgIpc) is 3.17. The lowest BCUT2D eigenvalue weighted by atomic mass is 10.1. The molecule has 0 atom stereocenters. The van der Waals surface area contributed by atoms with Crippen molar-refractivity contribution < 1.29 is 0 Å². The Kier molecular flexibility index (Phi) is 4.18. The van der Waals surface area contributed by atoms with Crippen LogP contribution in [-0.4, -0.2) is 43.4 Å². The molecule has 8 heteroatoms. The maximum Gasteiger partial charge on any atom is 0.227 e. The number of imidazole rings is 1. The first-order chi connectivity index (χ1) is 13.7. The van der Waals surface area contributed by atoms with E-state index in [9.17, 15) is 0 Å². The molecule has 1 aliphatic rings. The maximum absolute atomic E-state index is 6.37. The molecule has 0 saturated carbocycles. The maximum atomic E-state index is 6.37. The first kappa shape index (κ1) is 17.1. The summed E-state index contributed by atoms with van der Waals surface area (Å²) in [6, 6.07) is 8.01. The highest BCUT2D eigenvalue weighted by Gasteiger charge is 2.15. The van der Waals surface area contributed by atoms with Crippen LogP contribution >= 0.6 is 11.6 Å². The number of pyridine rings is 1. The number of nitrogens with one attached hydrogen (secondary N) is 2. The number of halogens is 1. The van der Waals surface area contributed by atoms with Crippen molar-refractivity contribution in [1.29, 1.82) is 0 Å². The second-order valence-electron chi connectivity index (χ2n) is 6.97. The molecule has 0 bridgehead atoms. The molecule has 0 amide bonds. The van der Waals surface area contributed by atoms with Crippen molar-refractivity contribution in [1.82, 2.24) is 29.8 Å². The third-order valence-corrected chi connectivity index (χ3v) is 5.20. The Morgan fingerprint density at radius 1 is 1.14 bits per heavy atom. The van der Waals surface area contributed by atoms with E-state index in [4.69, 9.17) is 11.6 Å². The molecular weight excluding hydrogens is 374 g/mol. The quantitative estimate of drug-likeness (QED) is 0.552. The molecule has 140 valence electrons. The van der Waals surface area contributed by atoms with E-state index in [1.54, 1.807) is 12.5 Å². The molecule has 3 aromatic heterocycles. The largest absolute Gasteiger partial charge is 0.345 e. The molecule has 2 N–H and O–H groups in total. The van der Waals surface area contributed by atoms with Crippen LogP contribution in [0.25, 0.3) is 22.3 Å². The summed E-state index contributed by atoms with van der Waals surface area (Å²) >= 11 is 6.37. The van der Waals surface area contributed by atoms with Crippen molar-refractivity contribution >= 4 is 34.3 Å². The van der Waals surface area contributed by atoms with Gasteiger partial charge in [-0.3, -0.25) is 4.98 Å². The number of H-pyrrole nitrogens is 1. The molecule has 28 heavy (non-hydrogen) atoms. The van der Waals surface area contributed by atoms with Crippen LogP contribution in [0.4, 0.5) is 11.6 Å². The molecule has 0 aliphatic carbocycles. The summed E-state index contributed by atoms with van der Waals surface area (Å²) in [4.78, 5) is 23.2. The number of nitrogens with zero attached hydrogens (tertiary/aromatic N) is 5. The van der Waals surface area contributed by atoms with Gasteiger partial charge < -0.3 is 15.2 Å². The second-order valence-corrected chi connectivity index (χ2v) is 7.37. The predicted molar refractivity (Wildman–Crippen MR) is 110 cm³/mol. The molecule has 1 aromatic carbocycles. The van der Waals surface area contributed by atoms with Gasteiger partial charge in [0.05, 0.1) is 46.2 Å². The highest BCUT2D eigenvalue weighted by Crippen LogP contribution is 2.29. The van der Waals surface area contributed by atoms with E-state index >= 15 is 0 Å². The smallest absolute Gasteiger partial charge is 0.227 e. The van der Waals surface area contributed by atoms with Gasteiger partial charge in [-0.1, -0.05) is 17.7 Å². The monoisotopic (exact) mass is 391 g/mol. The van der Waals surface area contributed by atoms with Crippen LogP contribution in [0.15, 0.2) is 43.0 Å². The number of aromatic nitrogens is 5. The summed E-state index contributed by atoms with van der Waals surface area (Å²) < 4.78 is 0. The summed E-state index contributed by atoms with van der Waals surface area (Å²) in [6.07, 6.45) is 6.09. The van der Waals surface area contributed by atoms with Crippen LogP contribution in [0.2, 0.25) is 5.02 Å². The van der Waals surface area contributed by atoms with Gasteiger partial charge in [-0.15, -0.1) is 0 Å². The lowest BCUT2D eigenvalue weighted by Gasteiger charge is -2.24. The number of fused-ring (bicyclic) bond motifs is 2. The number of benzene rings is 1. The lowest BCUT2D eigenvalue weighted by Crippen LogP contribution is -2.27. The molecular formula is C20H18ClN7. The number of likely N-dealkylation sites (N-methyl/N-ethyl adjacent to an activating group) is 1. The van der Waals surface area contributed by atoms with E-state index in [-0.39, 0.29) is 0 Å². The average molecular weight is 392 g/mol. The minimum atomic E-state index is 0.479. The van der Waals surface area contributed by atoms with Gasteiger partial charge in [0.25, 0.3) is 0 Å². The molecule has 1 aliphatic heterocycles. The van der Waals surface area contributed by atoms with E-state index in [0.717, 1.165) is 47.5 Å². The van der Waals surface area contributed by atoms with Crippen LogP contribution < -0.4 is 5.32 Å². The Balaban J connectivity index is 1.47. The highest BCUT2D eigenvalue weighted by atomic mass is 35.5. The number of hydrogen-bond donors (Lipinski definition) is 2. The van der Waals surface area contributed by atoms with Gasteiger partial charge in [0.1, 0.15) is 0 Å². The standard InChI is InChI=1S/C20H18ClN7/c1-28-5-4-16-13(10-28)6-14(8-22-16)26-20-23-9-15(21)19(27-20)12-2-3-17-18(7-12)25-11-24-17/h2-3,6-9,11H,4-5,10H2,1H3,(H,24,25)(H,23,26,27). The first-order valence-electron chi connectivity index (χ1n) is 9.05. The van der Waals surface area contributed by atoms with Crippen LogP contribution in [0.5, 0.6) is 0 Å². The summed E-state index contributed by atoms with van der Waals surface area (Å²) in [5, 5.41) is 3.75. The predicted octanol–water partition coefficient (Wildman–Crippen LogP) is 3.80. The van der Waals surface area contributed by atoms with Crippen molar-refractivity contribution in [2.24, 2.45) is 0 Å². The van der Waals surface area contributed by atoms with E-state index in [0.29, 0.717) is 16.7 Å². The molecule has 5 rings (SSSR count). The van der Waals surface area contributed by atoms with Gasteiger partial charge >= 0.3 is 0 Å². The molecule has 7 nitrogen and oxygen atoms in total. The van der Waals surface area contributed by atoms with E-state index in [1.165, 1.54) is 5.56 Å². The first-order valence-corrected chi connectivity index (χ1v) is 9.43. The molecule has 0 fully saturated rings. The zero-order chi connectivity index (χ0) is 19.1. The Hall–Kier alpha value is -3.03. The van der Waals surface area contributed by atoms with Crippen LogP contribution in [0, 0.1) is 0 Å². The van der Waals surface area contributed by atoms with Gasteiger partial charge in [0.15, 0.2) is 0 Å². The number of hydrogen-bond acceptors (Lipinski definition) is 6. The molecule has 0 unspecified atom stereocenters. The van der Waals surface area contributed by atoms with Gasteiger partial charge in [0, 0.05) is 30.8 Å². The van der Waals surface area contributed by atoms with Crippen molar-refractivity contribution in [2.45, 2.75) is 13.0 Å². The van der Waals surface area contributed by atoms with Crippen LogP contribution in [0.3, 0.4) is 0 Å². The van der Waals surface area contributed by atoms with Crippen molar-refractivity contribution in [3.63, 3.8) is 0 Å². The summed E-state index contributed by atoms with van der Waals surface area (Å²) in [6.45, 7) is 1.94. The number of aromatic amines is 1. The van der Waals surface area contributed by atoms with Gasteiger partial charge in [0.2, 0.25) is 5.95 Å². The molecule has 0 radical (unpaired) electrons. The number of anilines is 2. The lowest BCUT2D eigenvalue weighted by molar-refractivity contribution is 0.310. The highest BCUT2D eigenvalue weighted by molar-refractivity contribution is 6.33. The van der Waals surface area contributed by atoms with Gasteiger partial charge in [-0.2, -0.15) is 0 Å². The Morgan fingerprint density at radius 2 is 2.07 bits per heavy atom. The zero-order valence-electron chi connectivity index (χ0n) is 15.3. The minimum absolute atomic E-state index is 0.479. The summed E-state index contributed by atoms with van der Waals surface area (Å²) in [5.74, 6) is 0.479. The topological polar surface area (TPSA) is 82.6 Å². The number of rotatable bonds is 3. The summed E-state index contributed by atoms with van der Waals surface area (Å²) in [5.41, 5.74) is 6.65. The fourth-order valence-electron chi connectivity index (χ4n) is 3.47. The normalized spacial score (nSPS) is 14.2.